The van der Waals surface area contributed by atoms with E-state index in [1.54, 1.807) is 35.6 Å². The third-order valence-electron chi connectivity index (χ3n) is 4.73. The minimum Gasteiger partial charge on any atom is -0.316 e. The Labute approximate surface area is 163 Å². The van der Waals surface area contributed by atoms with E-state index in [2.05, 4.69) is 21.1 Å². The molecule has 1 fully saturated rings. The van der Waals surface area contributed by atoms with Crippen molar-refractivity contribution in [3.63, 3.8) is 0 Å². The number of nitrogens with one attached hydrogen (secondary N) is 2. The van der Waals surface area contributed by atoms with Crippen molar-refractivity contribution in [3.05, 3.63) is 64.5 Å². The smallest absolute Gasteiger partial charge is 0.261 e. The van der Waals surface area contributed by atoms with E-state index in [0.29, 0.717) is 11.6 Å². The van der Waals surface area contributed by atoms with Crippen molar-refractivity contribution >= 4 is 27.0 Å². The molecule has 4 rings (SSSR count). The number of aryl methyl sites for hydroxylation is 1. The Kier molecular flexibility index (Phi) is 4.99. The quantitative estimate of drug-likeness (QED) is 0.680. The van der Waals surface area contributed by atoms with Gasteiger partial charge in [0.25, 0.3) is 10.0 Å². The summed E-state index contributed by atoms with van der Waals surface area (Å²) in [7, 11) is -3.67. The SMILES string of the molecule is Cc1nc(-c2cccc(S(=O)(=O)Nc3cccc([C@@H]4CCNC4)c3)c2)cs1. The van der Waals surface area contributed by atoms with Crippen LogP contribution in [0.5, 0.6) is 0 Å². The van der Waals surface area contributed by atoms with Crippen molar-refractivity contribution in [3.8, 4) is 11.3 Å². The van der Waals surface area contributed by atoms with Gasteiger partial charge in [0.15, 0.2) is 0 Å². The van der Waals surface area contributed by atoms with E-state index in [-0.39, 0.29) is 4.90 Å². The van der Waals surface area contributed by atoms with Gasteiger partial charge < -0.3 is 5.32 Å². The number of nitrogens with zero attached hydrogens (tertiary/aromatic N) is 1. The normalized spacial score (nSPS) is 17.1. The summed E-state index contributed by atoms with van der Waals surface area (Å²) in [6.45, 7) is 3.87. The van der Waals surface area contributed by atoms with Crippen molar-refractivity contribution in [2.24, 2.45) is 0 Å². The zero-order chi connectivity index (χ0) is 18.9. The average Bonchev–Trinajstić information content (AvgIpc) is 3.33. The molecule has 3 aromatic rings. The molecule has 2 heterocycles. The van der Waals surface area contributed by atoms with Crippen LogP contribution in [0.1, 0.15) is 22.9 Å². The molecule has 1 atom stereocenters. The molecule has 140 valence electrons. The molecule has 1 aliphatic heterocycles. The average molecular weight is 400 g/mol. The van der Waals surface area contributed by atoms with Gasteiger partial charge in [0.05, 0.1) is 15.6 Å². The van der Waals surface area contributed by atoms with E-state index in [4.69, 9.17) is 0 Å². The fraction of sp³-hybridized carbons (Fsp3) is 0.250. The lowest BCUT2D eigenvalue weighted by molar-refractivity contribution is 0.601. The zero-order valence-electron chi connectivity index (χ0n) is 15.0. The van der Waals surface area contributed by atoms with E-state index in [1.807, 2.05) is 30.5 Å². The molecule has 2 aromatic carbocycles. The highest BCUT2D eigenvalue weighted by Gasteiger charge is 2.19. The first kappa shape index (κ1) is 18.2. The summed E-state index contributed by atoms with van der Waals surface area (Å²) in [4.78, 5) is 4.68. The van der Waals surface area contributed by atoms with Crippen LogP contribution in [-0.4, -0.2) is 26.5 Å². The number of rotatable bonds is 5. The molecule has 1 aliphatic rings. The summed E-state index contributed by atoms with van der Waals surface area (Å²) >= 11 is 1.55. The van der Waals surface area contributed by atoms with Crippen LogP contribution < -0.4 is 10.0 Å². The van der Waals surface area contributed by atoms with Crippen LogP contribution in [0.25, 0.3) is 11.3 Å². The summed E-state index contributed by atoms with van der Waals surface area (Å²) in [5.74, 6) is 0.436. The Balaban J connectivity index is 1.60. The molecule has 5 nitrogen and oxygen atoms in total. The van der Waals surface area contributed by atoms with Crippen molar-refractivity contribution in [1.29, 1.82) is 0 Å². The molecule has 2 N–H and O–H groups in total. The largest absolute Gasteiger partial charge is 0.316 e. The van der Waals surface area contributed by atoms with Crippen LogP contribution in [0.15, 0.2) is 58.8 Å². The summed E-state index contributed by atoms with van der Waals surface area (Å²) in [5, 5.41) is 6.24. The molecule has 0 bridgehead atoms. The highest BCUT2D eigenvalue weighted by atomic mass is 32.2. The minimum atomic E-state index is -3.67. The molecular weight excluding hydrogens is 378 g/mol. The van der Waals surface area contributed by atoms with Crippen molar-refractivity contribution in [2.75, 3.05) is 17.8 Å². The molecule has 0 aliphatic carbocycles. The third kappa shape index (κ3) is 4.05. The second kappa shape index (κ2) is 7.42. The Morgan fingerprint density at radius 2 is 2.04 bits per heavy atom. The zero-order valence-corrected chi connectivity index (χ0v) is 16.6. The third-order valence-corrected chi connectivity index (χ3v) is 6.88. The molecule has 0 spiro atoms. The van der Waals surface area contributed by atoms with Crippen molar-refractivity contribution in [1.82, 2.24) is 10.3 Å². The molecular formula is C20H21N3O2S2. The number of benzene rings is 2. The molecule has 0 radical (unpaired) electrons. The van der Waals surface area contributed by atoms with E-state index in [0.717, 1.165) is 41.3 Å². The number of hydrogen-bond donors (Lipinski definition) is 2. The highest BCUT2D eigenvalue weighted by Crippen LogP contribution is 2.27. The first-order valence-corrected chi connectivity index (χ1v) is 11.2. The Morgan fingerprint density at radius 3 is 2.78 bits per heavy atom. The number of thiazole rings is 1. The standard InChI is InChI=1S/C20H21N3O2S2/c1-14-22-20(13-26-14)16-5-3-7-19(11-16)27(24,25)23-18-6-2-4-15(10-18)17-8-9-21-12-17/h2-7,10-11,13,17,21,23H,8-9,12H2,1H3/t17-/m1/s1. The molecule has 0 unspecified atom stereocenters. The molecule has 1 aromatic heterocycles. The van der Waals surface area contributed by atoms with E-state index >= 15 is 0 Å². The molecule has 0 amide bonds. The van der Waals surface area contributed by atoms with Crippen LogP contribution >= 0.6 is 11.3 Å². The topological polar surface area (TPSA) is 71.1 Å². The fourth-order valence-electron chi connectivity index (χ4n) is 3.33. The summed E-state index contributed by atoms with van der Waals surface area (Å²) in [5.41, 5.74) is 3.35. The maximum absolute atomic E-state index is 12.9. The predicted molar refractivity (Wildman–Crippen MR) is 110 cm³/mol. The second-order valence-electron chi connectivity index (χ2n) is 6.70. The molecule has 27 heavy (non-hydrogen) atoms. The lowest BCUT2D eigenvalue weighted by atomic mass is 9.98. The lowest BCUT2D eigenvalue weighted by Crippen LogP contribution is -2.13. The lowest BCUT2D eigenvalue weighted by Gasteiger charge is -2.13. The number of hydrogen-bond acceptors (Lipinski definition) is 5. The van der Waals surface area contributed by atoms with Crippen molar-refractivity contribution in [2.45, 2.75) is 24.2 Å². The summed E-state index contributed by atoms with van der Waals surface area (Å²) < 4.78 is 28.5. The van der Waals surface area contributed by atoms with Crippen LogP contribution in [0.2, 0.25) is 0 Å². The van der Waals surface area contributed by atoms with Crippen LogP contribution in [0.4, 0.5) is 5.69 Å². The predicted octanol–water partition coefficient (Wildman–Crippen LogP) is 4.00. The van der Waals surface area contributed by atoms with Gasteiger partial charge >= 0.3 is 0 Å². The molecule has 7 heteroatoms. The molecule has 1 saturated heterocycles. The number of anilines is 1. The number of sulfonamides is 1. The van der Waals surface area contributed by atoms with E-state index < -0.39 is 10.0 Å². The van der Waals surface area contributed by atoms with Gasteiger partial charge in [-0.2, -0.15) is 0 Å². The molecule has 0 saturated carbocycles. The Hall–Kier alpha value is -2.22. The van der Waals surface area contributed by atoms with Gasteiger partial charge in [-0.15, -0.1) is 11.3 Å². The minimum absolute atomic E-state index is 0.235. The van der Waals surface area contributed by atoms with Crippen molar-refractivity contribution < 1.29 is 8.42 Å². The van der Waals surface area contributed by atoms with Crippen LogP contribution in [-0.2, 0) is 10.0 Å². The maximum Gasteiger partial charge on any atom is 0.261 e. The maximum atomic E-state index is 12.9. The van der Waals surface area contributed by atoms with E-state index in [9.17, 15) is 8.42 Å². The number of aromatic nitrogens is 1. The van der Waals surface area contributed by atoms with Crippen LogP contribution in [0, 0.1) is 6.92 Å². The summed E-state index contributed by atoms with van der Waals surface area (Å²) in [6.07, 6.45) is 1.07. The van der Waals surface area contributed by atoms with Gasteiger partial charge in [-0.1, -0.05) is 24.3 Å². The summed E-state index contributed by atoms with van der Waals surface area (Å²) in [6, 6.07) is 14.6. The first-order chi connectivity index (χ1) is 13.0. The van der Waals surface area contributed by atoms with Gasteiger partial charge in [-0.05, 0) is 55.6 Å². The first-order valence-electron chi connectivity index (χ1n) is 8.87. The van der Waals surface area contributed by atoms with Gasteiger partial charge in [-0.3, -0.25) is 4.72 Å². The fourth-order valence-corrected chi connectivity index (χ4v) is 5.04. The van der Waals surface area contributed by atoms with Gasteiger partial charge in [-0.25, -0.2) is 13.4 Å². The highest BCUT2D eigenvalue weighted by molar-refractivity contribution is 7.92. The Morgan fingerprint density at radius 1 is 1.19 bits per heavy atom. The van der Waals surface area contributed by atoms with Gasteiger partial charge in [0, 0.05) is 23.2 Å². The Bertz CT molecular complexity index is 1050. The van der Waals surface area contributed by atoms with E-state index in [1.165, 1.54) is 0 Å². The van der Waals surface area contributed by atoms with Gasteiger partial charge in [0.1, 0.15) is 0 Å². The second-order valence-corrected chi connectivity index (χ2v) is 9.44. The van der Waals surface area contributed by atoms with Gasteiger partial charge in [0.2, 0.25) is 0 Å². The monoisotopic (exact) mass is 399 g/mol. The van der Waals surface area contributed by atoms with Crippen LogP contribution in [0.3, 0.4) is 0 Å².